The van der Waals surface area contributed by atoms with E-state index in [1.54, 1.807) is 0 Å². The van der Waals surface area contributed by atoms with Crippen molar-refractivity contribution in [3.63, 3.8) is 0 Å². The molecular weight excluding hydrogens is 263 g/mol. The third-order valence-corrected chi connectivity index (χ3v) is 1.38. The number of aliphatic carboxylic acids is 2. The summed E-state index contributed by atoms with van der Waals surface area (Å²) in [6.07, 6.45) is -2.41. The van der Waals surface area contributed by atoms with E-state index in [1.165, 1.54) is 0 Å². The van der Waals surface area contributed by atoms with E-state index in [-0.39, 0.29) is 19.5 Å². The van der Waals surface area contributed by atoms with Gasteiger partial charge in [-0.2, -0.15) is 5.90 Å². The average molecular weight is 271 g/mol. The van der Waals surface area contributed by atoms with Crippen LogP contribution in [0, 0.1) is 0 Å². The van der Waals surface area contributed by atoms with Crippen molar-refractivity contribution in [2.75, 3.05) is 0 Å². The molecule has 0 aromatic carbocycles. The largest absolute Gasteiger partial charge is 2.00 e. The summed E-state index contributed by atoms with van der Waals surface area (Å²) in [4.78, 5) is 34.4. The fraction of sp³-hybridized carbons (Fsp3) is 0.500. The Kier molecular flexibility index (Phi) is 7.03. The van der Waals surface area contributed by atoms with E-state index in [2.05, 4.69) is 10.7 Å². The van der Waals surface area contributed by atoms with Gasteiger partial charge < -0.3 is 29.7 Å². The standard InChI is InChI=1S/C6H9NO7.Zn/c7-14-4(10)2-6(13,5(11)12)1-3(8)9;/h13H,1-2,7H2,(H,8,9)(H,11,12);/q;+2/p-2. The quantitative estimate of drug-likeness (QED) is 0.374. The number of carbonyl (C=O) groups excluding carboxylic acids is 3. The molecule has 0 saturated heterocycles. The summed E-state index contributed by atoms with van der Waals surface area (Å²) < 4.78 is 0. The third-order valence-electron chi connectivity index (χ3n) is 1.38. The molecule has 1 atom stereocenters. The van der Waals surface area contributed by atoms with Gasteiger partial charge in [0.2, 0.25) is 0 Å². The number of rotatable bonds is 5. The van der Waals surface area contributed by atoms with Crippen molar-refractivity contribution in [2.45, 2.75) is 18.4 Å². The summed E-state index contributed by atoms with van der Waals surface area (Å²) in [5.41, 5.74) is -2.87. The van der Waals surface area contributed by atoms with Crippen LogP contribution >= 0.6 is 0 Å². The molecule has 80 valence electrons. The Morgan fingerprint density at radius 2 is 1.73 bits per heavy atom. The Hall–Kier alpha value is -1.05. The first-order chi connectivity index (χ1) is 6.31. The molecule has 0 bridgehead atoms. The molecule has 0 saturated carbocycles. The van der Waals surface area contributed by atoms with Gasteiger partial charge in [0.15, 0.2) is 0 Å². The van der Waals surface area contributed by atoms with Crippen molar-refractivity contribution >= 4 is 17.9 Å². The first-order valence-electron chi connectivity index (χ1n) is 3.35. The number of carboxylic acids is 2. The van der Waals surface area contributed by atoms with E-state index in [9.17, 15) is 24.6 Å². The molecule has 0 radical (unpaired) electrons. The van der Waals surface area contributed by atoms with E-state index >= 15 is 0 Å². The fourth-order valence-corrected chi connectivity index (χ4v) is 0.726. The molecule has 0 rings (SSSR count). The van der Waals surface area contributed by atoms with Gasteiger partial charge >= 0.3 is 25.4 Å². The van der Waals surface area contributed by atoms with Crippen LogP contribution in [0.3, 0.4) is 0 Å². The van der Waals surface area contributed by atoms with Gasteiger partial charge in [-0.25, -0.2) is 0 Å². The summed E-state index contributed by atoms with van der Waals surface area (Å²) >= 11 is 0. The summed E-state index contributed by atoms with van der Waals surface area (Å²) in [6, 6.07) is 0. The molecule has 0 fully saturated rings. The van der Waals surface area contributed by atoms with Gasteiger partial charge in [0, 0.05) is 12.4 Å². The van der Waals surface area contributed by atoms with Crippen molar-refractivity contribution in [2.24, 2.45) is 5.90 Å². The zero-order valence-corrected chi connectivity index (χ0v) is 10.6. The van der Waals surface area contributed by atoms with Crippen LogP contribution in [0.1, 0.15) is 12.8 Å². The minimum absolute atomic E-state index is 0. The molecule has 8 nitrogen and oxygen atoms in total. The van der Waals surface area contributed by atoms with Gasteiger partial charge in [-0.05, 0) is 0 Å². The van der Waals surface area contributed by atoms with Crippen molar-refractivity contribution < 1.29 is 54.0 Å². The molecule has 3 N–H and O–H groups in total. The van der Waals surface area contributed by atoms with Gasteiger partial charge in [0.25, 0.3) is 0 Å². The number of aliphatic hydroxyl groups is 1. The van der Waals surface area contributed by atoms with Crippen molar-refractivity contribution in [3.8, 4) is 0 Å². The van der Waals surface area contributed by atoms with Gasteiger partial charge in [0.1, 0.15) is 5.60 Å². The molecule has 15 heavy (non-hydrogen) atoms. The van der Waals surface area contributed by atoms with Gasteiger partial charge in [-0.15, -0.1) is 0 Å². The van der Waals surface area contributed by atoms with Crippen LogP contribution in [-0.4, -0.2) is 28.6 Å². The minimum Gasteiger partial charge on any atom is -0.550 e. The molecule has 0 aliphatic heterocycles. The molecule has 0 aliphatic rings. The van der Waals surface area contributed by atoms with Crippen LogP contribution in [0.2, 0.25) is 0 Å². The van der Waals surface area contributed by atoms with Gasteiger partial charge in [-0.3, -0.25) is 4.79 Å². The molecule has 0 aromatic rings. The van der Waals surface area contributed by atoms with Crippen LogP contribution in [0.5, 0.6) is 0 Å². The molecule has 9 heteroatoms. The monoisotopic (exact) mass is 269 g/mol. The molecule has 0 amide bonds. The minimum atomic E-state index is -2.87. The second-order valence-corrected chi connectivity index (χ2v) is 2.53. The number of hydrogen-bond donors (Lipinski definition) is 2. The summed E-state index contributed by atoms with van der Waals surface area (Å²) in [6.45, 7) is 0. The SMILES string of the molecule is NOC(=O)CC(O)(CC(=O)[O-])C(=O)[O-].[Zn+2]. The molecule has 0 aromatic heterocycles. The van der Waals surface area contributed by atoms with Crippen LogP contribution in [0.25, 0.3) is 0 Å². The van der Waals surface area contributed by atoms with E-state index in [4.69, 9.17) is 5.11 Å². The van der Waals surface area contributed by atoms with Gasteiger partial charge in [-0.1, -0.05) is 0 Å². The number of carboxylic acid groups (broad SMARTS) is 2. The van der Waals surface area contributed by atoms with E-state index in [0.717, 1.165) is 0 Å². The Morgan fingerprint density at radius 1 is 1.27 bits per heavy atom. The number of nitrogens with two attached hydrogens (primary N) is 1. The Balaban J connectivity index is 0. The van der Waals surface area contributed by atoms with Crippen LogP contribution in [0.15, 0.2) is 0 Å². The molecule has 0 heterocycles. The predicted molar refractivity (Wildman–Crippen MR) is 34.5 cm³/mol. The van der Waals surface area contributed by atoms with Crippen LogP contribution < -0.4 is 16.1 Å². The maximum absolute atomic E-state index is 10.5. The van der Waals surface area contributed by atoms with Crippen molar-refractivity contribution in [3.05, 3.63) is 0 Å². The molecule has 1 unspecified atom stereocenters. The zero-order chi connectivity index (χ0) is 11.4. The first kappa shape index (κ1) is 16.4. The maximum atomic E-state index is 10.5. The number of hydrogen-bond acceptors (Lipinski definition) is 8. The molecular formula is C6H7NO7Zn. The zero-order valence-electron chi connectivity index (χ0n) is 7.60. The van der Waals surface area contributed by atoms with Crippen LogP contribution in [-0.2, 0) is 38.7 Å². The van der Waals surface area contributed by atoms with E-state index < -0.39 is 36.4 Å². The van der Waals surface area contributed by atoms with Crippen molar-refractivity contribution in [1.29, 1.82) is 0 Å². The predicted octanol–water partition coefficient (Wildman–Crippen LogP) is -4.59. The second kappa shape index (κ2) is 6.44. The van der Waals surface area contributed by atoms with E-state index in [0.29, 0.717) is 0 Å². The Labute approximate surface area is 96.7 Å². The van der Waals surface area contributed by atoms with Gasteiger partial charge in [0.05, 0.1) is 12.4 Å². The topological polar surface area (TPSA) is 153 Å². The average Bonchev–Trinajstić information content (AvgIpc) is 2.02. The summed E-state index contributed by atoms with van der Waals surface area (Å²) in [7, 11) is 0. The Morgan fingerprint density at radius 3 is 2.00 bits per heavy atom. The Bertz CT molecular complexity index is 268. The summed E-state index contributed by atoms with van der Waals surface area (Å²) in [5.74, 6) is -0.871. The third kappa shape index (κ3) is 5.41. The smallest absolute Gasteiger partial charge is 0.550 e. The molecule has 0 spiro atoms. The van der Waals surface area contributed by atoms with Crippen molar-refractivity contribution in [1.82, 2.24) is 0 Å². The second-order valence-electron chi connectivity index (χ2n) is 2.53. The normalized spacial score (nSPS) is 13.2. The summed E-state index contributed by atoms with van der Waals surface area (Å²) in [5, 5.41) is 29.5. The van der Waals surface area contributed by atoms with Crippen LogP contribution in [0.4, 0.5) is 0 Å². The fourth-order valence-electron chi connectivity index (χ4n) is 0.726. The first-order valence-corrected chi connectivity index (χ1v) is 3.35. The van der Waals surface area contributed by atoms with E-state index in [1.807, 2.05) is 0 Å². The number of carbonyl (C=O) groups is 3. The maximum Gasteiger partial charge on any atom is 2.00 e. The molecule has 0 aliphatic carbocycles.